The summed E-state index contributed by atoms with van der Waals surface area (Å²) in [6.45, 7) is 3.11. The Balaban J connectivity index is 1.44. The fourth-order valence-corrected chi connectivity index (χ4v) is 3.99. The average Bonchev–Trinajstić information content (AvgIpc) is 3.29. The maximum absolute atomic E-state index is 14.0. The zero-order chi connectivity index (χ0) is 29.7. The fraction of sp³-hybridized carbons (Fsp3) is 0.172. The van der Waals surface area contributed by atoms with E-state index in [1.807, 2.05) is 0 Å². The molecule has 2 atom stereocenters. The van der Waals surface area contributed by atoms with Gasteiger partial charge in [-0.3, -0.25) is 10.1 Å². The highest BCUT2D eigenvalue weighted by Gasteiger charge is 2.24. The third kappa shape index (κ3) is 6.90. The summed E-state index contributed by atoms with van der Waals surface area (Å²) in [7, 11) is 0. The first-order valence-corrected chi connectivity index (χ1v) is 12.3. The van der Waals surface area contributed by atoms with Gasteiger partial charge in [0.2, 0.25) is 0 Å². The third-order valence-electron chi connectivity index (χ3n) is 6.15. The lowest BCUT2D eigenvalue weighted by atomic mass is 10.0. The van der Waals surface area contributed by atoms with Gasteiger partial charge in [-0.25, -0.2) is 22.8 Å². The number of aliphatic carboxylic acids is 1. The second kappa shape index (κ2) is 12.4. The lowest BCUT2D eigenvalue weighted by molar-refractivity contribution is -0.139. The van der Waals surface area contributed by atoms with Crippen LogP contribution in [0.2, 0.25) is 0 Å². The summed E-state index contributed by atoms with van der Waals surface area (Å²) >= 11 is 0. The van der Waals surface area contributed by atoms with E-state index in [1.54, 1.807) is 13.0 Å². The number of ether oxygens (including phenoxy) is 1. The smallest absolute Gasteiger partial charge is 0.412 e. The van der Waals surface area contributed by atoms with Crippen LogP contribution in [0.1, 0.15) is 40.2 Å². The molecule has 0 saturated heterocycles. The Morgan fingerprint density at radius 1 is 0.976 bits per heavy atom. The van der Waals surface area contributed by atoms with E-state index in [4.69, 9.17) is 9.26 Å². The predicted molar refractivity (Wildman–Crippen MR) is 141 cm³/mol. The van der Waals surface area contributed by atoms with Gasteiger partial charge in [-0.2, -0.15) is 0 Å². The molecule has 0 aliphatic heterocycles. The van der Waals surface area contributed by atoms with Crippen molar-refractivity contribution in [2.24, 2.45) is 0 Å². The van der Waals surface area contributed by atoms with E-state index in [9.17, 15) is 32.7 Å². The Morgan fingerprint density at radius 3 is 2.34 bits per heavy atom. The Kier molecular flexibility index (Phi) is 8.71. The van der Waals surface area contributed by atoms with Gasteiger partial charge < -0.3 is 19.7 Å². The molecule has 9 nitrogen and oxygen atoms in total. The van der Waals surface area contributed by atoms with E-state index < -0.39 is 47.6 Å². The molecule has 1 aromatic heterocycles. The third-order valence-corrected chi connectivity index (χ3v) is 6.15. The van der Waals surface area contributed by atoms with Crippen molar-refractivity contribution in [2.45, 2.75) is 32.4 Å². The zero-order valence-corrected chi connectivity index (χ0v) is 21.8. The van der Waals surface area contributed by atoms with Gasteiger partial charge in [-0.15, -0.1) is 0 Å². The topological polar surface area (TPSA) is 131 Å². The number of halogens is 3. The number of rotatable bonds is 9. The van der Waals surface area contributed by atoms with Crippen molar-refractivity contribution in [2.75, 3.05) is 5.32 Å². The number of hydrogen-bond donors (Lipinski definition) is 3. The van der Waals surface area contributed by atoms with Crippen LogP contribution in [0.15, 0.2) is 71.3 Å². The van der Waals surface area contributed by atoms with Gasteiger partial charge >= 0.3 is 12.1 Å². The number of nitrogens with zero attached hydrogens (tertiary/aromatic N) is 1. The molecule has 0 saturated carbocycles. The maximum Gasteiger partial charge on any atom is 0.412 e. The summed E-state index contributed by atoms with van der Waals surface area (Å²) in [6, 6.07) is 13.3. The molecule has 0 spiro atoms. The van der Waals surface area contributed by atoms with Gasteiger partial charge in [-0.1, -0.05) is 41.6 Å². The van der Waals surface area contributed by atoms with Crippen LogP contribution in [0.5, 0.6) is 0 Å². The summed E-state index contributed by atoms with van der Waals surface area (Å²) in [4.78, 5) is 37.0. The van der Waals surface area contributed by atoms with Crippen molar-refractivity contribution in [1.29, 1.82) is 0 Å². The van der Waals surface area contributed by atoms with E-state index in [0.29, 0.717) is 11.3 Å². The Hall–Kier alpha value is -5.13. The van der Waals surface area contributed by atoms with E-state index in [2.05, 4.69) is 15.8 Å². The van der Waals surface area contributed by atoms with Crippen LogP contribution >= 0.6 is 0 Å². The largest absolute Gasteiger partial charge is 0.480 e. The number of carboxylic acids is 1. The van der Waals surface area contributed by atoms with Crippen LogP contribution in [-0.4, -0.2) is 34.3 Å². The highest BCUT2D eigenvalue weighted by molar-refractivity contribution is 5.97. The monoisotopic (exact) mass is 567 g/mol. The number of aromatic nitrogens is 1. The molecule has 4 rings (SSSR count). The summed E-state index contributed by atoms with van der Waals surface area (Å²) in [5, 5.41) is 18.3. The molecule has 0 bridgehead atoms. The van der Waals surface area contributed by atoms with E-state index in [-0.39, 0.29) is 34.6 Å². The van der Waals surface area contributed by atoms with Crippen LogP contribution in [-0.2, 0) is 16.0 Å². The SMILES string of the molecule is Cc1noc(-c2ccc(C(=O)NC(Cc3ccc(F)c(F)c3)C(=O)O)cc2)c1NC(=O)OC(C)c1ccccc1F. The van der Waals surface area contributed by atoms with E-state index in [0.717, 1.165) is 12.1 Å². The maximum atomic E-state index is 14.0. The molecule has 0 fully saturated rings. The Morgan fingerprint density at radius 2 is 1.68 bits per heavy atom. The molecule has 41 heavy (non-hydrogen) atoms. The van der Waals surface area contributed by atoms with Crippen LogP contribution in [0.3, 0.4) is 0 Å². The van der Waals surface area contributed by atoms with Gasteiger partial charge in [0, 0.05) is 23.1 Å². The van der Waals surface area contributed by atoms with Crippen molar-refractivity contribution in [3.05, 3.63) is 107 Å². The lowest BCUT2D eigenvalue weighted by Gasteiger charge is -2.15. The Labute approximate surface area is 231 Å². The minimum absolute atomic E-state index is 0.106. The van der Waals surface area contributed by atoms with Gasteiger partial charge in [-0.05, 0) is 49.7 Å². The quantitative estimate of drug-likeness (QED) is 0.233. The molecule has 3 aromatic carbocycles. The summed E-state index contributed by atoms with van der Waals surface area (Å²) in [5.41, 5.74) is 1.46. The Bertz CT molecular complexity index is 1590. The molecular weight excluding hydrogens is 543 g/mol. The normalized spacial score (nSPS) is 12.3. The van der Waals surface area contributed by atoms with Crippen molar-refractivity contribution >= 4 is 23.7 Å². The molecule has 1 heterocycles. The molecule has 0 radical (unpaired) electrons. The van der Waals surface area contributed by atoms with E-state index in [1.165, 1.54) is 55.5 Å². The van der Waals surface area contributed by atoms with Crippen molar-refractivity contribution in [3.63, 3.8) is 0 Å². The first kappa shape index (κ1) is 28.9. The van der Waals surface area contributed by atoms with Crippen LogP contribution in [0.25, 0.3) is 11.3 Å². The fourth-order valence-electron chi connectivity index (χ4n) is 3.99. The second-order valence-corrected chi connectivity index (χ2v) is 9.06. The van der Waals surface area contributed by atoms with Gasteiger partial charge in [0.05, 0.1) is 0 Å². The number of amides is 2. The molecule has 212 valence electrons. The molecule has 0 aliphatic rings. The minimum Gasteiger partial charge on any atom is -0.480 e. The van der Waals surface area contributed by atoms with Crippen LogP contribution in [0, 0.1) is 24.4 Å². The van der Waals surface area contributed by atoms with Crippen molar-refractivity contribution in [1.82, 2.24) is 10.5 Å². The number of carbonyl (C=O) groups is 3. The number of aryl methyl sites for hydroxylation is 1. The standard InChI is InChI=1S/C29H24F3N3O6/c1-15-25(34-29(39)40-16(2)20-5-3-4-6-21(20)30)26(41-35-15)18-8-10-19(11-9-18)27(36)33-24(28(37)38)14-17-7-12-22(31)23(32)13-17/h3-13,16,24H,14H2,1-2H3,(H,33,36)(H,34,39)(H,37,38). The highest BCUT2D eigenvalue weighted by Crippen LogP contribution is 2.32. The highest BCUT2D eigenvalue weighted by atomic mass is 19.2. The van der Waals surface area contributed by atoms with Gasteiger partial charge in [0.1, 0.15) is 29.3 Å². The number of hydrogen-bond acceptors (Lipinski definition) is 6. The summed E-state index contributed by atoms with van der Waals surface area (Å²) in [6.07, 6.45) is -2.02. The number of carbonyl (C=O) groups excluding carboxylic acids is 2. The average molecular weight is 568 g/mol. The van der Waals surface area contributed by atoms with Crippen molar-refractivity contribution in [3.8, 4) is 11.3 Å². The molecule has 4 aromatic rings. The molecule has 0 aliphatic carbocycles. The predicted octanol–water partition coefficient (Wildman–Crippen LogP) is 5.80. The number of anilines is 1. The lowest BCUT2D eigenvalue weighted by Crippen LogP contribution is -2.42. The first-order chi connectivity index (χ1) is 19.5. The molecule has 2 unspecified atom stereocenters. The second-order valence-electron chi connectivity index (χ2n) is 9.06. The molecule has 3 N–H and O–H groups in total. The molecule has 2 amide bonds. The number of carboxylic acid groups (broad SMARTS) is 1. The van der Waals surface area contributed by atoms with Crippen LogP contribution < -0.4 is 10.6 Å². The number of benzene rings is 3. The zero-order valence-electron chi connectivity index (χ0n) is 21.8. The van der Waals surface area contributed by atoms with Crippen molar-refractivity contribution < 1.29 is 41.9 Å². The first-order valence-electron chi connectivity index (χ1n) is 12.3. The number of nitrogens with one attached hydrogen (secondary N) is 2. The van der Waals surface area contributed by atoms with Gasteiger partial charge in [0.25, 0.3) is 5.91 Å². The minimum atomic E-state index is -1.41. The molecular formula is C29H24F3N3O6. The van der Waals surface area contributed by atoms with Crippen LogP contribution in [0.4, 0.5) is 23.7 Å². The summed E-state index contributed by atoms with van der Waals surface area (Å²) in [5.74, 6) is -4.63. The molecule has 12 heteroatoms. The summed E-state index contributed by atoms with van der Waals surface area (Å²) < 4.78 is 51.4. The van der Waals surface area contributed by atoms with E-state index >= 15 is 0 Å². The van der Waals surface area contributed by atoms with Gasteiger partial charge in [0.15, 0.2) is 17.4 Å².